The first-order valence-corrected chi connectivity index (χ1v) is 4.99. The fourth-order valence-corrected chi connectivity index (χ4v) is 1.51. The maximum Gasteiger partial charge on any atom is 0.220 e. The standard InChI is InChI=1S/C12H10ClNO/c1-9-7-10(13)8-12(14-9)15-11-5-3-2-4-6-11/h2-8H,1H3. The van der Waals surface area contributed by atoms with Crippen LogP contribution in [0.5, 0.6) is 11.6 Å². The summed E-state index contributed by atoms with van der Waals surface area (Å²) in [4.78, 5) is 4.22. The number of aryl methyl sites for hydroxylation is 1. The zero-order valence-electron chi connectivity index (χ0n) is 8.27. The molecule has 0 saturated heterocycles. The molecule has 2 nitrogen and oxygen atoms in total. The molecule has 0 unspecified atom stereocenters. The second kappa shape index (κ2) is 4.32. The van der Waals surface area contributed by atoms with Crippen LogP contribution in [0.15, 0.2) is 42.5 Å². The van der Waals surface area contributed by atoms with E-state index in [0.717, 1.165) is 11.4 Å². The van der Waals surface area contributed by atoms with Gasteiger partial charge in [-0.05, 0) is 25.1 Å². The lowest BCUT2D eigenvalue weighted by molar-refractivity contribution is 0.462. The SMILES string of the molecule is Cc1cc(Cl)cc(Oc2ccccc2)n1. The van der Waals surface area contributed by atoms with Gasteiger partial charge in [-0.2, -0.15) is 0 Å². The Morgan fingerprint density at radius 3 is 2.53 bits per heavy atom. The molecule has 0 radical (unpaired) electrons. The van der Waals surface area contributed by atoms with Gasteiger partial charge in [0.05, 0.1) is 0 Å². The van der Waals surface area contributed by atoms with E-state index in [0.29, 0.717) is 10.9 Å². The summed E-state index contributed by atoms with van der Waals surface area (Å²) in [6, 6.07) is 13.0. The average molecular weight is 220 g/mol. The first kappa shape index (κ1) is 9.99. The molecule has 3 heteroatoms. The van der Waals surface area contributed by atoms with Crippen molar-refractivity contribution in [3.05, 3.63) is 53.2 Å². The Morgan fingerprint density at radius 2 is 1.87 bits per heavy atom. The van der Waals surface area contributed by atoms with Gasteiger partial charge >= 0.3 is 0 Å². The molecule has 0 atom stereocenters. The topological polar surface area (TPSA) is 22.1 Å². The van der Waals surface area contributed by atoms with Crippen LogP contribution in [0.3, 0.4) is 0 Å². The van der Waals surface area contributed by atoms with Gasteiger partial charge < -0.3 is 4.74 Å². The highest BCUT2D eigenvalue weighted by atomic mass is 35.5. The summed E-state index contributed by atoms with van der Waals surface area (Å²) in [5, 5.41) is 0.633. The summed E-state index contributed by atoms with van der Waals surface area (Å²) in [5.41, 5.74) is 0.841. The third-order valence-electron chi connectivity index (χ3n) is 1.86. The molecule has 0 fully saturated rings. The third-order valence-corrected chi connectivity index (χ3v) is 2.08. The van der Waals surface area contributed by atoms with Crippen LogP contribution >= 0.6 is 11.6 Å². The molecule has 0 aliphatic carbocycles. The van der Waals surface area contributed by atoms with E-state index >= 15 is 0 Å². The van der Waals surface area contributed by atoms with Crippen molar-refractivity contribution in [1.29, 1.82) is 0 Å². The van der Waals surface area contributed by atoms with Crippen LogP contribution in [-0.2, 0) is 0 Å². The minimum Gasteiger partial charge on any atom is -0.439 e. The molecule has 0 bridgehead atoms. The molecule has 0 spiro atoms. The molecule has 0 aliphatic rings. The van der Waals surface area contributed by atoms with E-state index < -0.39 is 0 Å². The number of rotatable bonds is 2. The minimum absolute atomic E-state index is 0.520. The third kappa shape index (κ3) is 2.70. The molecule has 0 N–H and O–H groups in total. The molecule has 2 aromatic rings. The monoisotopic (exact) mass is 219 g/mol. The Labute approximate surface area is 93.5 Å². The van der Waals surface area contributed by atoms with Crippen LogP contribution in [0.4, 0.5) is 0 Å². The molecule has 1 aromatic heterocycles. The lowest BCUT2D eigenvalue weighted by Crippen LogP contribution is -1.89. The Hall–Kier alpha value is -1.54. The van der Waals surface area contributed by atoms with Crippen molar-refractivity contribution < 1.29 is 4.74 Å². The molecule has 1 aromatic carbocycles. The van der Waals surface area contributed by atoms with Crippen LogP contribution < -0.4 is 4.74 Å². The number of benzene rings is 1. The summed E-state index contributed by atoms with van der Waals surface area (Å²) >= 11 is 5.90. The Balaban J connectivity index is 2.25. The number of para-hydroxylation sites is 1. The van der Waals surface area contributed by atoms with Crippen molar-refractivity contribution in [2.75, 3.05) is 0 Å². The zero-order chi connectivity index (χ0) is 10.7. The van der Waals surface area contributed by atoms with Crippen molar-refractivity contribution in [3.63, 3.8) is 0 Å². The molecule has 0 aliphatic heterocycles. The van der Waals surface area contributed by atoms with Crippen molar-refractivity contribution in [2.45, 2.75) is 6.92 Å². The normalized spacial score (nSPS) is 10.0. The summed E-state index contributed by atoms with van der Waals surface area (Å²) < 4.78 is 5.54. The van der Waals surface area contributed by atoms with E-state index in [1.807, 2.05) is 37.3 Å². The molecule has 2 rings (SSSR count). The fraction of sp³-hybridized carbons (Fsp3) is 0.0833. The van der Waals surface area contributed by atoms with Gasteiger partial charge in [0, 0.05) is 16.8 Å². The summed E-state index contributed by atoms with van der Waals surface area (Å²) in [5.74, 6) is 1.28. The van der Waals surface area contributed by atoms with Crippen LogP contribution in [0, 0.1) is 6.92 Å². The molecule has 1 heterocycles. The Bertz CT molecular complexity index is 436. The molecular weight excluding hydrogens is 210 g/mol. The van der Waals surface area contributed by atoms with E-state index in [9.17, 15) is 0 Å². The van der Waals surface area contributed by atoms with E-state index in [-0.39, 0.29) is 0 Å². The van der Waals surface area contributed by atoms with Crippen molar-refractivity contribution in [3.8, 4) is 11.6 Å². The van der Waals surface area contributed by atoms with Gasteiger partial charge in [-0.15, -0.1) is 0 Å². The summed E-state index contributed by atoms with van der Waals surface area (Å²) in [6.07, 6.45) is 0. The summed E-state index contributed by atoms with van der Waals surface area (Å²) in [7, 11) is 0. The summed E-state index contributed by atoms with van der Waals surface area (Å²) in [6.45, 7) is 1.88. The number of ether oxygens (including phenoxy) is 1. The highest BCUT2D eigenvalue weighted by Gasteiger charge is 2.00. The van der Waals surface area contributed by atoms with Crippen molar-refractivity contribution in [1.82, 2.24) is 4.98 Å². The number of pyridine rings is 1. The van der Waals surface area contributed by atoms with Crippen molar-refractivity contribution >= 4 is 11.6 Å². The predicted octanol–water partition coefficient (Wildman–Crippen LogP) is 3.84. The highest BCUT2D eigenvalue weighted by molar-refractivity contribution is 6.30. The molecule has 76 valence electrons. The van der Waals surface area contributed by atoms with Gasteiger partial charge in [-0.3, -0.25) is 0 Å². The van der Waals surface area contributed by atoms with Crippen LogP contribution in [0.25, 0.3) is 0 Å². The van der Waals surface area contributed by atoms with E-state index in [1.165, 1.54) is 0 Å². The Kier molecular flexibility index (Phi) is 2.88. The first-order valence-electron chi connectivity index (χ1n) is 4.61. The highest BCUT2D eigenvalue weighted by Crippen LogP contribution is 2.22. The first-order chi connectivity index (χ1) is 7.24. The fourth-order valence-electron chi connectivity index (χ4n) is 1.26. The number of halogens is 1. The smallest absolute Gasteiger partial charge is 0.220 e. The van der Waals surface area contributed by atoms with Gasteiger partial charge in [-0.25, -0.2) is 4.98 Å². The molecular formula is C12H10ClNO. The number of hydrogen-bond acceptors (Lipinski definition) is 2. The minimum atomic E-state index is 0.520. The van der Waals surface area contributed by atoms with Crippen LogP contribution in [-0.4, -0.2) is 4.98 Å². The zero-order valence-corrected chi connectivity index (χ0v) is 9.03. The second-order valence-electron chi connectivity index (χ2n) is 3.18. The van der Waals surface area contributed by atoms with Gasteiger partial charge in [0.1, 0.15) is 5.75 Å². The van der Waals surface area contributed by atoms with Gasteiger partial charge in [0.25, 0.3) is 0 Å². The predicted molar refractivity (Wildman–Crippen MR) is 60.5 cm³/mol. The number of aromatic nitrogens is 1. The second-order valence-corrected chi connectivity index (χ2v) is 3.62. The number of hydrogen-bond donors (Lipinski definition) is 0. The van der Waals surface area contributed by atoms with Gasteiger partial charge in [0.2, 0.25) is 5.88 Å². The average Bonchev–Trinajstić information content (AvgIpc) is 2.17. The maximum absolute atomic E-state index is 5.90. The molecule has 0 amide bonds. The van der Waals surface area contributed by atoms with Gasteiger partial charge in [-0.1, -0.05) is 29.8 Å². The maximum atomic E-state index is 5.90. The number of nitrogens with zero attached hydrogens (tertiary/aromatic N) is 1. The lowest BCUT2D eigenvalue weighted by atomic mass is 10.3. The van der Waals surface area contributed by atoms with E-state index in [2.05, 4.69) is 4.98 Å². The Morgan fingerprint density at radius 1 is 1.13 bits per heavy atom. The van der Waals surface area contributed by atoms with E-state index in [1.54, 1.807) is 12.1 Å². The van der Waals surface area contributed by atoms with Crippen LogP contribution in [0.2, 0.25) is 5.02 Å². The lowest BCUT2D eigenvalue weighted by Gasteiger charge is -2.05. The molecule has 0 saturated carbocycles. The quantitative estimate of drug-likeness (QED) is 0.766. The largest absolute Gasteiger partial charge is 0.439 e. The van der Waals surface area contributed by atoms with Crippen LogP contribution in [0.1, 0.15) is 5.69 Å². The van der Waals surface area contributed by atoms with Gasteiger partial charge in [0.15, 0.2) is 0 Å². The van der Waals surface area contributed by atoms with Crippen molar-refractivity contribution in [2.24, 2.45) is 0 Å². The molecule has 15 heavy (non-hydrogen) atoms. The van der Waals surface area contributed by atoms with E-state index in [4.69, 9.17) is 16.3 Å².